The molecule has 3 heterocycles. The number of aromatic nitrogens is 1. The fourth-order valence-electron chi connectivity index (χ4n) is 3.31. The Hall–Kier alpha value is -1.27. The second-order valence-corrected chi connectivity index (χ2v) is 7.90. The normalized spacial score (nSPS) is 20.8. The third-order valence-electron chi connectivity index (χ3n) is 4.52. The lowest BCUT2D eigenvalue weighted by molar-refractivity contribution is 0.518. The van der Waals surface area contributed by atoms with Crippen LogP contribution in [0.25, 0.3) is 10.2 Å². The van der Waals surface area contributed by atoms with Crippen molar-refractivity contribution in [3.05, 3.63) is 45.3 Å². The minimum atomic E-state index is 0.172. The maximum atomic E-state index is 6.63. The number of furan rings is 1. The first kappa shape index (κ1) is 16.2. The highest BCUT2D eigenvalue weighted by Crippen LogP contribution is 2.47. The summed E-state index contributed by atoms with van der Waals surface area (Å²) in [4.78, 5) is 5.57. The molecule has 3 aromatic heterocycles. The molecule has 7 heteroatoms. The lowest BCUT2D eigenvalue weighted by Gasteiger charge is -2.13. The van der Waals surface area contributed by atoms with E-state index in [9.17, 15) is 0 Å². The molecule has 0 amide bonds. The molecule has 24 heavy (non-hydrogen) atoms. The summed E-state index contributed by atoms with van der Waals surface area (Å²) < 4.78 is 6.39. The molecule has 0 aliphatic heterocycles. The van der Waals surface area contributed by atoms with Crippen LogP contribution in [0.5, 0.6) is 0 Å². The van der Waals surface area contributed by atoms with Gasteiger partial charge >= 0.3 is 0 Å². The van der Waals surface area contributed by atoms with Crippen molar-refractivity contribution in [2.24, 2.45) is 5.73 Å². The summed E-state index contributed by atoms with van der Waals surface area (Å²) in [5.74, 6) is 1.17. The van der Waals surface area contributed by atoms with Crippen molar-refractivity contribution < 1.29 is 4.42 Å². The molecule has 1 saturated carbocycles. The van der Waals surface area contributed by atoms with Crippen LogP contribution in [-0.4, -0.2) is 11.0 Å². The summed E-state index contributed by atoms with van der Waals surface area (Å²) in [6.07, 6.45) is 4.94. The van der Waals surface area contributed by atoms with E-state index in [-0.39, 0.29) is 6.04 Å². The van der Waals surface area contributed by atoms with Crippen molar-refractivity contribution >= 4 is 50.4 Å². The molecule has 3 aromatic rings. The van der Waals surface area contributed by atoms with Crippen LogP contribution in [-0.2, 0) is 6.54 Å². The highest BCUT2D eigenvalue weighted by Gasteiger charge is 2.30. The number of rotatable bonds is 4. The zero-order valence-electron chi connectivity index (χ0n) is 12.9. The quantitative estimate of drug-likeness (QED) is 0.593. The van der Waals surface area contributed by atoms with Gasteiger partial charge in [0.05, 0.1) is 28.2 Å². The largest absolute Gasteiger partial charge is 0.467 e. The number of nitrogens with two attached hydrogens (primary N) is 1. The van der Waals surface area contributed by atoms with Crippen LogP contribution < -0.4 is 11.1 Å². The number of thiophene rings is 1. The minimum Gasteiger partial charge on any atom is -0.467 e. The topological polar surface area (TPSA) is 64.1 Å². The van der Waals surface area contributed by atoms with Crippen molar-refractivity contribution in [2.45, 2.75) is 37.8 Å². The van der Waals surface area contributed by atoms with Gasteiger partial charge in [0.25, 0.3) is 0 Å². The van der Waals surface area contributed by atoms with Crippen LogP contribution >= 0.6 is 34.5 Å². The minimum absolute atomic E-state index is 0.172. The average Bonchev–Trinajstić information content (AvgIpc) is 3.27. The fourth-order valence-corrected chi connectivity index (χ4v) is 5.28. The molecule has 1 aliphatic carbocycles. The van der Waals surface area contributed by atoms with Crippen molar-refractivity contribution in [2.75, 3.05) is 5.32 Å². The SMILES string of the molecule is N[C@H]1CCC[C@@H]1c1sc2c(NCc3ccco3)cc(Cl)nc2c1Cl. The van der Waals surface area contributed by atoms with Gasteiger partial charge in [0, 0.05) is 22.9 Å². The molecule has 0 saturated heterocycles. The Morgan fingerprint density at radius 3 is 2.96 bits per heavy atom. The van der Waals surface area contributed by atoms with E-state index in [1.807, 2.05) is 18.2 Å². The third-order valence-corrected chi connectivity index (χ3v) is 6.55. The average molecular weight is 382 g/mol. The van der Waals surface area contributed by atoms with Gasteiger partial charge in [-0.15, -0.1) is 11.3 Å². The summed E-state index contributed by atoms with van der Waals surface area (Å²) >= 11 is 14.5. The Morgan fingerprint density at radius 1 is 1.38 bits per heavy atom. The number of anilines is 1. The van der Waals surface area contributed by atoms with E-state index in [2.05, 4.69) is 10.3 Å². The molecule has 0 bridgehead atoms. The highest BCUT2D eigenvalue weighted by molar-refractivity contribution is 7.20. The maximum Gasteiger partial charge on any atom is 0.131 e. The lowest BCUT2D eigenvalue weighted by Crippen LogP contribution is -2.22. The molecule has 3 N–H and O–H groups in total. The fraction of sp³-hybridized carbons (Fsp3) is 0.353. The smallest absolute Gasteiger partial charge is 0.131 e. The Bertz CT molecular complexity index is 862. The van der Waals surface area contributed by atoms with E-state index in [1.165, 1.54) is 0 Å². The highest BCUT2D eigenvalue weighted by atomic mass is 35.5. The lowest BCUT2D eigenvalue weighted by atomic mass is 10.0. The molecule has 0 unspecified atom stereocenters. The summed E-state index contributed by atoms with van der Waals surface area (Å²) in [7, 11) is 0. The number of hydrogen-bond acceptors (Lipinski definition) is 5. The monoisotopic (exact) mass is 381 g/mol. The maximum absolute atomic E-state index is 6.63. The molecule has 0 spiro atoms. The molecular weight excluding hydrogens is 365 g/mol. The summed E-state index contributed by atoms with van der Waals surface area (Å²) in [5, 5.41) is 4.49. The number of hydrogen-bond donors (Lipinski definition) is 2. The van der Waals surface area contributed by atoms with E-state index in [0.717, 1.165) is 45.8 Å². The van der Waals surface area contributed by atoms with E-state index in [1.54, 1.807) is 17.6 Å². The van der Waals surface area contributed by atoms with Gasteiger partial charge in [0.1, 0.15) is 16.4 Å². The number of halogens is 2. The molecule has 4 nitrogen and oxygen atoms in total. The predicted molar refractivity (Wildman–Crippen MR) is 100 cm³/mol. The van der Waals surface area contributed by atoms with Gasteiger partial charge in [-0.1, -0.05) is 29.6 Å². The molecule has 1 fully saturated rings. The number of nitrogens with one attached hydrogen (secondary N) is 1. The van der Waals surface area contributed by atoms with Crippen LogP contribution in [0.2, 0.25) is 10.2 Å². The molecule has 4 rings (SSSR count). The van der Waals surface area contributed by atoms with Crippen molar-refractivity contribution in [1.82, 2.24) is 4.98 Å². The van der Waals surface area contributed by atoms with E-state index in [4.69, 9.17) is 33.4 Å². The van der Waals surface area contributed by atoms with E-state index in [0.29, 0.717) is 22.6 Å². The Kier molecular flexibility index (Phi) is 4.43. The van der Waals surface area contributed by atoms with Gasteiger partial charge < -0.3 is 15.5 Å². The number of pyridine rings is 1. The van der Waals surface area contributed by atoms with Crippen molar-refractivity contribution in [1.29, 1.82) is 0 Å². The molecule has 0 radical (unpaired) electrons. The van der Waals surface area contributed by atoms with Gasteiger partial charge in [-0.3, -0.25) is 0 Å². The van der Waals surface area contributed by atoms with Crippen LogP contribution in [0.1, 0.15) is 35.8 Å². The molecule has 0 aromatic carbocycles. The summed E-state index contributed by atoms with van der Waals surface area (Å²) in [6.45, 7) is 0.580. The van der Waals surface area contributed by atoms with Crippen LogP contribution in [0.15, 0.2) is 28.9 Å². The Labute approximate surface area is 154 Å². The van der Waals surface area contributed by atoms with Crippen LogP contribution in [0, 0.1) is 0 Å². The number of nitrogens with zero attached hydrogens (tertiary/aromatic N) is 1. The molecule has 2 atom stereocenters. The van der Waals surface area contributed by atoms with Crippen LogP contribution in [0.4, 0.5) is 5.69 Å². The predicted octanol–water partition coefficient (Wildman–Crippen LogP) is 5.40. The first-order chi connectivity index (χ1) is 11.6. The van der Waals surface area contributed by atoms with Crippen LogP contribution in [0.3, 0.4) is 0 Å². The first-order valence-corrected chi connectivity index (χ1v) is 9.51. The third kappa shape index (κ3) is 2.90. The first-order valence-electron chi connectivity index (χ1n) is 7.93. The van der Waals surface area contributed by atoms with Gasteiger partial charge in [0.15, 0.2) is 0 Å². The summed E-state index contributed by atoms with van der Waals surface area (Å²) in [5.41, 5.74) is 7.94. The van der Waals surface area contributed by atoms with Gasteiger partial charge in [0.2, 0.25) is 0 Å². The van der Waals surface area contributed by atoms with Gasteiger partial charge in [-0.25, -0.2) is 4.98 Å². The van der Waals surface area contributed by atoms with Gasteiger partial charge in [-0.05, 0) is 25.0 Å². The van der Waals surface area contributed by atoms with Crippen molar-refractivity contribution in [3.8, 4) is 0 Å². The number of fused-ring (bicyclic) bond motifs is 1. The standard InChI is InChI=1S/C17H17Cl2N3OS/c18-13-7-12(21-8-9-3-2-6-23-9)17-15(22-13)14(19)16(24-17)10-4-1-5-11(10)20/h2-3,6-7,10-11H,1,4-5,8,20H2,(H,21,22)/t10-,11-/m0/s1. The molecule has 1 aliphatic rings. The zero-order valence-corrected chi connectivity index (χ0v) is 15.2. The Morgan fingerprint density at radius 2 is 2.25 bits per heavy atom. The van der Waals surface area contributed by atoms with E-state index < -0.39 is 0 Å². The second kappa shape index (κ2) is 6.56. The Balaban J connectivity index is 1.73. The molecular formula is C17H17Cl2N3OS. The van der Waals surface area contributed by atoms with E-state index >= 15 is 0 Å². The van der Waals surface area contributed by atoms with Crippen molar-refractivity contribution in [3.63, 3.8) is 0 Å². The van der Waals surface area contributed by atoms with Gasteiger partial charge in [-0.2, -0.15) is 0 Å². The zero-order chi connectivity index (χ0) is 16.7. The summed E-state index contributed by atoms with van der Waals surface area (Å²) in [6, 6.07) is 5.80. The molecule has 126 valence electrons. The second-order valence-electron chi connectivity index (χ2n) is 6.08.